The maximum absolute atomic E-state index is 13.1. The smallest absolute Gasteiger partial charge is 0.229 e. The summed E-state index contributed by atoms with van der Waals surface area (Å²) in [6.07, 6.45) is 0.276. The number of carbonyl (C=O) groups excluding carboxylic acids is 2. The third-order valence-corrected chi connectivity index (χ3v) is 5.70. The Morgan fingerprint density at radius 1 is 1.03 bits per heavy atom. The van der Waals surface area contributed by atoms with E-state index in [1.165, 1.54) is 5.56 Å². The monoisotopic (exact) mass is 392 g/mol. The van der Waals surface area contributed by atoms with Gasteiger partial charge in [0.2, 0.25) is 11.8 Å². The van der Waals surface area contributed by atoms with Gasteiger partial charge in [-0.1, -0.05) is 75.7 Å². The first kappa shape index (κ1) is 21.1. The highest BCUT2D eigenvalue weighted by Crippen LogP contribution is 2.33. The minimum Gasteiger partial charge on any atom is -0.338 e. The van der Waals surface area contributed by atoms with E-state index < -0.39 is 0 Å². The molecule has 1 aliphatic rings. The minimum atomic E-state index is -0.312. The number of aryl methyl sites for hydroxylation is 1. The van der Waals surface area contributed by atoms with Crippen LogP contribution in [0.3, 0.4) is 0 Å². The number of hydrogen-bond acceptors (Lipinski definition) is 2. The molecule has 4 nitrogen and oxygen atoms in total. The molecule has 2 amide bonds. The normalized spacial score (nSPS) is 16.7. The standard InChI is InChI=1S/C25H32N2O2/c1-16(2)21-7-6-8-22(17(3)4)24(21)26-25(29)20-13-23(28)27(15-20)14-19-11-9-18(5)10-12-19/h6-12,16-17,20H,13-15H2,1-5H3,(H,26,29)/t20-/m1/s1. The van der Waals surface area contributed by atoms with Crippen LogP contribution in [0.15, 0.2) is 42.5 Å². The van der Waals surface area contributed by atoms with Crippen LogP contribution < -0.4 is 5.32 Å². The van der Waals surface area contributed by atoms with E-state index in [1.807, 2.05) is 19.1 Å². The first-order valence-corrected chi connectivity index (χ1v) is 10.5. The molecule has 0 radical (unpaired) electrons. The number of anilines is 1. The molecule has 1 heterocycles. The molecule has 3 rings (SSSR count). The van der Waals surface area contributed by atoms with Crippen molar-refractivity contribution in [2.24, 2.45) is 5.92 Å². The zero-order chi connectivity index (χ0) is 21.1. The molecule has 1 atom stereocenters. The number of amides is 2. The zero-order valence-electron chi connectivity index (χ0n) is 18.2. The van der Waals surface area contributed by atoms with Gasteiger partial charge in [-0.25, -0.2) is 0 Å². The van der Waals surface area contributed by atoms with Crippen molar-refractivity contribution >= 4 is 17.5 Å². The highest BCUT2D eigenvalue weighted by molar-refractivity contribution is 5.98. The van der Waals surface area contributed by atoms with Crippen molar-refractivity contribution in [3.63, 3.8) is 0 Å². The Morgan fingerprint density at radius 3 is 2.17 bits per heavy atom. The highest BCUT2D eigenvalue weighted by Gasteiger charge is 2.34. The van der Waals surface area contributed by atoms with E-state index in [2.05, 4.69) is 63.3 Å². The molecular formula is C25H32N2O2. The largest absolute Gasteiger partial charge is 0.338 e. The quantitative estimate of drug-likeness (QED) is 0.732. The van der Waals surface area contributed by atoms with Crippen LogP contribution in [-0.2, 0) is 16.1 Å². The number of nitrogens with zero attached hydrogens (tertiary/aromatic N) is 1. The second-order valence-electron chi connectivity index (χ2n) is 8.77. The number of para-hydroxylation sites is 1. The number of nitrogens with one attached hydrogen (secondary N) is 1. The minimum absolute atomic E-state index is 0.0481. The van der Waals surface area contributed by atoms with Crippen molar-refractivity contribution < 1.29 is 9.59 Å². The molecule has 0 bridgehead atoms. The van der Waals surface area contributed by atoms with Gasteiger partial charge in [-0.05, 0) is 35.4 Å². The highest BCUT2D eigenvalue weighted by atomic mass is 16.2. The van der Waals surface area contributed by atoms with E-state index >= 15 is 0 Å². The van der Waals surface area contributed by atoms with Crippen molar-refractivity contribution in [2.45, 2.75) is 59.4 Å². The Hall–Kier alpha value is -2.62. The van der Waals surface area contributed by atoms with E-state index in [-0.39, 0.29) is 24.2 Å². The predicted molar refractivity (Wildman–Crippen MR) is 118 cm³/mol. The fourth-order valence-electron chi connectivity index (χ4n) is 3.94. The summed E-state index contributed by atoms with van der Waals surface area (Å²) in [4.78, 5) is 27.4. The molecule has 0 aliphatic carbocycles. The fraction of sp³-hybridized carbons (Fsp3) is 0.440. The Labute approximate surface area is 174 Å². The van der Waals surface area contributed by atoms with Gasteiger partial charge in [0.05, 0.1) is 5.92 Å². The maximum atomic E-state index is 13.1. The lowest BCUT2D eigenvalue weighted by Crippen LogP contribution is -2.28. The average Bonchev–Trinajstić information content (AvgIpc) is 3.04. The van der Waals surface area contributed by atoms with Gasteiger partial charge in [0.15, 0.2) is 0 Å². The van der Waals surface area contributed by atoms with Crippen molar-refractivity contribution in [3.8, 4) is 0 Å². The van der Waals surface area contributed by atoms with Gasteiger partial charge >= 0.3 is 0 Å². The van der Waals surface area contributed by atoms with Gasteiger partial charge in [0.1, 0.15) is 0 Å². The molecule has 0 unspecified atom stereocenters. The Morgan fingerprint density at radius 2 is 1.62 bits per heavy atom. The fourth-order valence-corrected chi connectivity index (χ4v) is 3.94. The second kappa shape index (κ2) is 8.81. The van der Waals surface area contributed by atoms with Crippen LogP contribution in [0, 0.1) is 12.8 Å². The van der Waals surface area contributed by atoms with E-state index in [1.54, 1.807) is 4.90 Å². The molecule has 2 aromatic rings. The summed E-state index contributed by atoms with van der Waals surface area (Å²) in [6.45, 7) is 11.6. The molecule has 0 spiro atoms. The summed E-state index contributed by atoms with van der Waals surface area (Å²) in [5.74, 6) is 0.305. The second-order valence-corrected chi connectivity index (χ2v) is 8.77. The van der Waals surface area contributed by atoms with E-state index in [9.17, 15) is 9.59 Å². The van der Waals surface area contributed by atoms with E-state index in [0.717, 1.165) is 22.4 Å². The number of likely N-dealkylation sites (tertiary alicyclic amines) is 1. The molecule has 154 valence electrons. The lowest BCUT2D eigenvalue weighted by atomic mass is 9.92. The van der Waals surface area contributed by atoms with Gasteiger partial charge in [0.25, 0.3) is 0 Å². The molecule has 29 heavy (non-hydrogen) atoms. The van der Waals surface area contributed by atoms with Crippen LogP contribution in [0.1, 0.15) is 68.2 Å². The third kappa shape index (κ3) is 4.87. The summed E-state index contributed by atoms with van der Waals surface area (Å²) in [6, 6.07) is 14.4. The molecule has 0 saturated carbocycles. The van der Waals surface area contributed by atoms with Crippen molar-refractivity contribution in [3.05, 3.63) is 64.7 Å². The molecule has 1 aliphatic heterocycles. The molecule has 1 saturated heterocycles. The zero-order valence-corrected chi connectivity index (χ0v) is 18.2. The Balaban J connectivity index is 1.73. The Bertz CT molecular complexity index is 858. The molecule has 1 N–H and O–H groups in total. The molecule has 4 heteroatoms. The summed E-state index contributed by atoms with van der Waals surface area (Å²) >= 11 is 0. The van der Waals surface area contributed by atoms with Crippen LogP contribution in [0.2, 0.25) is 0 Å². The maximum Gasteiger partial charge on any atom is 0.229 e. The lowest BCUT2D eigenvalue weighted by molar-refractivity contribution is -0.128. The van der Waals surface area contributed by atoms with Crippen LogP contribution >= 0.6 is 0 Å². The van der Waals surface area contributed by atoms with Crippen molar-refractivity contribution in [1.29, 1.82) is 0 Å². The topological polar surface area (TPSA) is 49.4 Å². The number of carbonyl (C=O) groups is 2. The molecule has 1 fully saturated rings. The van der Waals surface area contributed by atoms with E-state index in [0.29, 0.717) is 24.9 Å². The molecular weight excluding hydrogens is 360 g/mol. The first-order valence-electron chi connectivity index (χ1n) is 10.5. The number of benzene rings is 2. The van der Waals surface area contributed by atoms with Crippen LogP contribution in [0.4, 0.5) is 5.69 Å². The van der Waals surface area contributed by atoms with Crippen LogP contribution in [-0.4, -0.2) is 23.3 Å². The van der Waals surface area contributed by atoms with Gasteiger partial charge in [-0.15, -0.1) is 0 Å². The van der Waals surface area contributed by atoms with Gasteiger partial charge in [-0.3, -0.25) is 9.59 Å². The van der Waals surface area contributed by atoms with Crippen LogP contribution in [0.25, 0.3) is 0 Å². The molecule has 0 aromatic heterocycles. The first-order chi connectivity index (χ1) is 13.8. The van der Waals surface area contributed by atoms with Gasteiger partial charge in [0, 0.05) is 25.2 Å². The number of rotatable bonds is 6. The van der Waals surface area contributed by atoms with Crippen LogP contribution in [0.5, 0.6) is 0 Å². The average molecular weight is 393 g/mol. The molecule has 2 aromatic carbocycles. The van der Waals surface area contributed by atoms with Gasteiger partial charge < -0.3 is 10.2 Å². The lowest BCUT2D eigenvalue weighted by Gasteiger charge is -2.22. The third-order valence-electron chi connectivity index (χ3n) is 5.70. The Kier molecular flexibility index (Phi) is 6.41. The van der Waals surface area contributed by atoms with Gasteiger partial charge in [-0.2, -0.15) is 0 Å². The van der Waals surface area contributed by atoms with E-state index in [4.69, 9.17) is 0 Å². The SMILES string of the molecule is Cc1ccc(CN2C[C@H](C(=O)Nc3c(C(C)C)cccc3C(C)C)CC2=O)cc1. The summed E-state index contributed by atoms with van der Waals surface area (Å²) in [5, 5.41) is 3.18. The van der Waals surface area contributed by atoms with Crippen molar-refractivity contribution in [1.82, 2.24) is 4.90 Å². The van der Waals surface area contributed by atoms with Crippen molar-refractivity contribution in [2.75, 3.05) is 11.9 Å². The number of hydrogen-bond donors (Lipinski definition) is 1. The summed E-state index contributed by atoms with van der Waals surface area (Å²) < 4.78 is 0. The summed E-state index contributed by atoms with van der Waals surface area (Å²) in [7, 11) is 0. The summed E-state index contributed by atoms with van der Waals surface area (Å²) in [5.41, 5.74) is 5.50. The predicted octanol–water partition coefficient (Wildman–Crippen LogP) is 5.23.